The summed E-state index contributed by atoms with van der Waals surface area (Å²) in [6, 6.07) is -3.14. The third-order valence-electron chi connectivity index (χ3n) is 18.3. The number of aliphatic hydroxyl groups is 7. The molecule has 6 fully saturated rings. The summed E-state index contributed by atoms with van der Waals surface area (Å²) >= 11 is 0. The van der Waals surface area contributed by atoms with E-state index in [1.807, 2.05) is 0 Å². The fraction of sp³-hybridized carbons (Fsp3) is 0.939. The Balaban J connectivity index is 0.975. The number of hydrogen-bond donors (Lipinski definition) is 17. The van der Waals surface area contributed by atoms with Crippen molar-refractivity contribution >= 4 is 6.09 Å². The van der Waals surface area contributed by atoms with E-state index in [9.17, 15) is 40.5 Å². The first-order valence-electron chi connectivity index (χ1n) is 26.7. The zero-order valence-electron chi connectivity index (χ0n) is 43.0. The fourth-order valence-electron chi connectivity index (χ4n) is 14.6. The van der Waals surface area contributed by atoms with E-state index in [1.54, 1.807) is 0 Å². The number of hydrogen-bond acceptors (Lipinski definition) is 22. The maximum atomic E-state index is 13.5. The van der Waals surface area contributed by atoms with Gasteiger partial charge in [-0.15, -0.1) is 0 Å². The Hall–Kier alpha value is -1.79. The number of amides is 1. The molecule has 23 unspecified atom stereocenters. The van der Waals surface area contributed by atoms with Gasteiger partial charge in [-0.2, -0.15) is 0 Å². The van der Waals surface area contributed by atoms with E-state index >= 15 is 0 Å². The van der Waals surface area contributed by atoms with Gasteiger partial charge in [0.25, 0.3) is 0 Å². The summed E-state index contributed by atoms with van der Waals surface area (Å²) in [4.78, 5) is 13.5. The molecule has 0 aromatic carbocycles. The van der Waals surface area contributed by atoms with Gasteiger partial charge in [-0.05, 0) is 97.7 Å². The molecule has 23 heteroatoms. The molecule has 416 valence electrons. The Kier molecular flexibility index (Phi) is 19.5. The maximum absolute atomic E-state index is 13.5. The molecule has 7 rings (SSSR count). The number of allylic oxidation sites excluding steroid dienone is 1. The molecule has 2 aliphatic heterocycles. The molecule has 0 aromatic rings. The summed E-state index contributed by atoms with van der Waals surface area (Å²) in [6.07, 6.45) is -8.77. The molecular formula is C49H92N10O13. The van der Waals surface area contributed by atoms with Crippen LogP contribution in [-0.2, 0) is 23.7 Å². The van der Waals surface area contributed by atoms with Crippen molar-refractivity contribution in [1.82, 2.24) is 21.3 Å². The second kappa shape index (κ2) is 24.3. The van der Waals surface area contributed by atoms with Crippen molar-refractivity contribution in [2.75, 3.05) is 13.2 Å². The van der Waals surface area contributed by atoms with Crippen molar-refractivity contribution in [3.05, 3.63) is 11.6 Å². The Morgan fingerprint density at radius 1 is 0.736 bits per heavy atom. The molecule has 2 saturated heterocycles. The average molecular weight is 1030 g/mol. The van der Waals surface area contributed by atoms with Crippen molar-refractivity contribution in [3.8, 4) is 0 Å². The van der Waals surface area contributed by atoms with Crippen molar-refractivity contribution in [2.45, 2.75) is 228 Å². The van der Waals surface area contributed by atoms with Gasteiger partial charge in [0.15, 0.2) is 12.6 Å². The van der Waals surface area contributed by atoms with Gasteiger partial charge in [-0.3, -0.25) is 16.0 Å². The Bertz CT molecular complexity index is 1790. The summed E-state index contributed by atoms with van der Waals surface area (Å²) in [5.41, 5.74) is 36.9. The van der Waals surface area contributed by atoms with Crippen LogP contribution in [0.1, 0.15) is 112 Å². The monoisotopic (exact) mass is 1030 g/mol. The zero-order chi connectivity index (χ0) is 52.6. The molecule has 2 heterocycles. The van der Waals surface area contributed by atoms with Gasteiger partial charge in [-0.25, -0.2) is 4.79 Å². The van der Waals surface area contributed by atoms with E-state index in [0.29, 0.717) is 30.1 Å². The first-order chi connectivity index (χ1) is 34.0. The van der Waals surface area contributed by atoms with Crippen LogP contribution in [0.2, 0.25) is 0 Å². The topological polar surface area (TPSA) is 409 Å². The fourth-order valence-corrected chi connectivity index (χ4v) is 14.6. The first-order valence-corrected chi connectivity index (χ1v) is 26.7. The molecule has 23 atom stereocenters. The van der Waals surface area contributed by atoms with Gasteiger partial charge in [-0.1, -0.05) is 65.5 Å². The van der Waals surface area contributed by atoms with Crippen molar-refractivity contribution in [3.63, 3.8) is 0 Å². The summed E-state index contributed by atoms with van der Waals surface area (Å²) < 4.78 is 30.1. The number of fused-ring (bicyclic) bond motifs is 5. The van der Waals surface area contributed by atoms with E-state index in [4.69, 9.17) is 58.1 Å². The number of carbonyl (C=O) groups excluding carboxylic acids is 1. The van der Waals surface area contributed by atoms with E-state index in [-0.39, 0.29) is 24.5 Å². The number of nitrogens with two attached hydrogens (primary N) is 6. The minimum Gasteiger partial charge on any atom is -0.446 e. The highest BCUT2D eigenvalue weighted by molar-refractivity contribution is 5.67. The lowest BCUT2D eigenvalue weighted by molar-refractivity contribution is -0.335. The van der Waals surface area contributed by atoms with Gasteiger partial charge in [0.1, 0.15) is 86.0 Å². The van der Waals surface area contributed by atoms with Gasteiger partial charge < -0.3 is 99.1 Å². The minimum absolute atomic E-state index is 0.0335. The predicted molar refractivity (Wildman–Crippen MR) is 263 cm³/mol. The molecule has 7 aliphatic rings. The van der Waals surface area contributed by atoms with Crippen LogP contribution in [0.5, 0.6) is 0 Å². The smallest absolute Gasteiger partial charge is 0.407 e. The van der Waals surface area contributed by atoms with Crippen LogP contribution in [0.4, 0.5) is 4.79 Å². The second-order valence-corrected chi connectivity index (χ2v) is 23.4. The number of rotatable bonds is 19. The minimum atomic E-state index is -1.87. The molecule has 23 nitrogen and oxygen atoms in total. The van der Waals surface area contributed by atoms with E-state index in [1.165, 1.54) is 50.5 Å². The predicted octanol–water partition coefficient (Wildman–Crippen LogP) is -2.62. The van der Waals surface area contributed by atoms with Crippen LogP contribution in [-0.4, -0.2) is 172 Å². The van der Waals surface area contributed by atoms with Crippen LogP contribution < -0.4 is 55.7 Å². The number of aliphatic hydroxyl groups excluding tert-OH is 7. The maximum Gasteiger partial charge on any atom is 0.407 e. The quantitative estimate of drug-likeness (QED) is 0.0465. The highest BCUT2D eigenvalue weighted by Gasteiger charge is 2.60. The van der Waals surface area contributed by atoms with Gasteiger partial charge in [0, 0.05) is 25.0 Å². The van der Waals surface area contributed by atoms with Gasteiger partial charge >= 0.3 is 6.09 Å². The molecular weight excluding hydrogens is 937 g/mol. The van der Waals surface area contributed by atoms with Crippen molar-refractivity contribution < 1.29 is 64.2 Å². The molecule has 0 radical (unpaired) electrons. The van der Waals surface area contributed by atoms with E-state index in [2.05, 4.69) is 62.0 Å². The van der Waals surface area contributed by atoms with Crippen LogP contribution in [0.3, 0.4) is 0 Å². The standard InChI is InChI=1S/C49H92N10O13/c1-21(2)7-6-8-22(3)26-11-12-27-25-10-9-23-17-24(13-15-48(23,4)28(25)14-16-49(26,27)5)68-47(67)56-19-31-35(62)37(64)38(65)43(69-31)72-41-30(58-45(52)53)18-29(57-44(50)51)40(39(41)66)71-42-36(63)33(59-46(54)55)34(61)32(20-60)70-42/h9,21-22,24-46,57-66H,6-8,10-20,50-55H2,1-5H3,(H,56,67). The number of nitrogens with one attached hydrogen (secondary N) is 4. The zero-order valence-corrected chi connectivity index (χ0v) is 43.0. The first kappa shape index (κ1) is 57.9. The second-order valence-electron chi connectivity index (χ2n) is 23.4. The lowest BCUT2D eigenvalue weighted by atomic mass is 9.47. The molecule has 23 N–H and O–H groups in total. The number of ether oxygens (including phenoxy) is 5. The van der Waals surface area contributed by atoms with Gasteiger partial charge in [0.2, 0.25) is 0 Å². The largest absolute Gasteiger partial charge is 0.446 e. The molecule has 4 saturated carbocycles. The Labute approximate surface area is 424 Å². The Morgan fingerprint density at radius 3 is 1.97 bits per heavy atom. The van der Waals surface area contributed by atoms with E-state index < -0.39 is 123 Å². The number of alkyl carbamates (subject to hydrolysis) is 1. The van der Waals surface area contributed by atoms with Crippen LogP contribution in [0, 0.1) is 46.3 Å². The van der Waals surface area contributed by atoms with Crippen molar-refractivity contribution in [1.29, 1.82) is 0 Å². The highest BCUT2D eigenvalue weighted by Crippen LogP contribution is 2.67. The molecule has 1 amide bonds. The number of carbonyl (C=O) groups is 1. The summed E-state index contributed by atoms with van der Waals surface area (Å²) in [6.45, 7) is 11.1. The third-order valence-corrected chi connectivity index (χ3v) is 18.3. The normalized spacial score (nSPS) is 44.9. The van der Waals surface area contributed by atoms with Crippen molar-refractivity contribution in [2.24, 2.45) is 80.7 Å². The Morgan fingerprint density at radius 2 is 1.36 bits per heavy atom. The van der Waals surface area contributed by atoms with Gasteiger partial charge in [0.05, 0.1) is 12.6 Å². The summed E-state index contributed by atoms with van der Waals surface area (Å²) in [7, 11) is 0. The van der Waals surface area contributed by atoms with Crippen LogP contribution in [0.15, 0.2) is 11.6 Å². The lowest BCUT2D eigenvalue weighted by Gasteiger charge is -2.58. The lowest BCUT2D eigenvalue weighted by Crippen LogP contribution is -2.72. The summed E-state index contributed by atoms with van der Waals surface area (Å²) in [5, 5.41) is 88.6. The molecule has 72 heavy (non-hydrogen) atoms. The highest BCUT2D eigenvalue weighted by atomic mass is 16.7. The SMILES string of the molecule is CC(C)CCCC(C)C1CCC2C3CC=C4CC(OC(=O)NCC5OC(OC6C(NC(N)N)CC(NC(N)N)C(OC7OC(CO)C(O)C(NC(N)N)C7O)C6O)C(O)C(O)C5O)CCC4(C)C3CCC12C. The molecule has 0 spiro atoms. The van der Waals surface area contributed by atoms with Crippen LogP contribution in [0.25, 0.3) is 0 Å². The van der Waals surface area contributed by atoms with Crippen LogP contribution >= 0.6 is 0 Å². The molecule has 0 bridgehead atoms. The third kappa shape index (κ3) is 12.5. The van der Waals surface area contributed by atoms with E-state index in [0.717, 1.165) is 36.5 Å². The molecule has 0 aromatic heterocycles. The molecule has 5 aliphatic carbocycles. The summed E-state index contributed by atoms with van der Waals surface area (Å²) in [5.74, 6) is 4.30. The average Bonchev–Trinajstić information content (AvgIpc) is 3.67.